The molecule has 22 heavy (non-hydrogen) atoms. The van der Waals surface area contributed by atoms with Gasteiger partial charge in [-0.25, -0.2) is 0 Å². The minimum absolute atomic E-state index is 0.196. The molecule has 0 unspecified atom stereocenters. The molecule has 1 N–H and O–H groups in total. The van der Waals surface area contributed by atoms with Gasteiger partial charge in [-0.3, -0.25) is 0 Å². The van der Waals surface area contributed by atoms with Gasteiger partial charge in [-0.2, -0.15) is 0 Å². The van der Waals surface area contributed by atoms with Gasteiger partial charge in [-0.15, -0.1) is 0 Å². The van der Waals surface area contributed by atoms with Gasteiger partial charge in [0.25, 0.3) is 0 Å². The van der Waals surface area contributed by atoms with Crippen LogP contribution in [0, 0.1) is 0 Å². The van der Waals surface area contributed by atoms with Crippen LogP contribution in [0.15, 0.2) is 30.3 Å². The Labute approximate surface area is 138 Å². The molecule has 1 rings (SSSR count). The summed E-state index contributed by atoms with van der Waals surface area (Å²) in [5, 5.41) is 3.65. The molecule has 0 heterocycles. The number of hydrogen-bond donors (Lipinski definition) is 1. The zero-order chi connectivity index (χ0) is 16.1. The van der Waals surface area contributed by atoms with Crippen LogP contribution in [-0.4, -0.2) is 5.54 Å². The molecule has 0 saturated carbocycles. The van der Waals surface area contributed by atoms with Crippen molar-refractivity contribution in [1.29, 1.82) is 0 Å². The van der Waals surface area contributed by atoms with Crippen molar-refractivity contribution in [2.45, 2.75) is 96.9 Å². The fraction of sp³-hybridized carbons (Fsp3) is 0.714. The average Bonchev–Trinajstić information content (AvgIpc) is 2.49. The molecule has 1 nitrogen and oxygen atoms in total. The summed E-state index contributed by atoms with van der Waals surface area (Å²) >= 11 is 0. The smallest absolute Gasteiger partial charge is 0.0344 e. The second kappa shape index (κ2) is 11.6. The Morgan fingerprint density at radius 3 is 1.77 bits per heavy atom. The maximum absolute atomic E-state index is 3.65. The fourth-order valence-corrected chi connectivity index (χ4v) is 3.03. The Hall–Kier alpha value is -0.980. The predicted molar refractivity (Wildman–Crippen MR) is 101 cm³/mol. The van der Waals surface area contributed by atoms with Crippen molar-refractivity contribution in [3.8, 4) is 0 Å². The van der Waals surface area contributed by atoms with Crippen molar-refractivity contribution in [3.63, 3.8) is 0 Å². The summed E-state index contributed by atoms with van der Waals surface area (Å²) in [6.45, 7) is 6.91. The molecule has 1 heteroatoms. The quantitative estimate of drug-likeness (QED) is 0.380. The molecule has 126 valence electrons. The Bertz CT molecular complexity index is 355. The Morgan fingerprint density at radius 2 is 1.23 bits per heavy atom. The summed E-state index contributed by atoms with van der Waals surface area (Å²) < 4.78 is 0. The van der Waals surface area contributed by atoms with Crippen molar-refractivity contribution in [1.82, 2.24) is 0 Å². The van der Waals surface area contributed by atoms with Crippen molar-refractivity contribution < 1.29 is 0 Å². The zero-order valence-electron chi connectivity index (χ0n) is 15.2. The van der Waals surface area contributed by atoms with E-state index < -0.39 is 0 Å². The van der Waals surface area contributed by atoms with E-state index in [1.807, 2.05) is 0 Å². The van der Waals surface area contributed by atoms with Crippen LogP contribution in [0.4, 0.5) is 5.69 Å². The lowest BCUT2D eigenvalue weighted by atomic mass is 9.95. The number of para-hydroxylation sites is 1. The summed E-state index contributed by atoms with van der Waals surface area (Å²) in [7, 11) is 0. The highest BCUT2D eigenvalue weighted by Gasteiger charge is 2.16. The minimum Gasteiger partial charge on any atom is -0.380 e. The van der Waals surface area contributed by atoms with E-state index >= 15 is 0 Å². The van der Waals surface area contributed by atoms with Gasteiger partial charge in [0.2, 0.25) is 0 Å². The van der Waals surface area contributed by atoms with Crippen molar-refractivity contribution in [2.75, 3.05) is 5.32 Å². The summed E-state index contributed by atoms with van der Waals surface area (Å²) in [4.78, 5) is 0. The summed E-state index contributed by atoms with van der Waals surface area (Å²) in [6, 6.07) is 10.6. The summed E-state index contributed by atoms with van der Waals surface area (Å²) in [5.41, 5.74) is 1.43. The Morgan fingerprint density at radius 1 is 0.727 bits per heavy atom. The molecule has 0 aliphatic heterocycles. The zero-order valence-corrected chi connectivity index (χ0v) is 15.2. The maximum atomic E-state index is 3.65. The van der Waals surface area contributed by atoms with Crippen molar-refractivity contribution in [2.24, 2.45) is 0 Å². The molecule has 0 aliphatic rings. The third kappa shape index (κ3) is 9.87. The minimum atomic E-state index is 0.196. The molecule has 0 spiro atoms. The van der Waals surface area contributed by atoms with Crippen LogP contribution in [0.5, 0.6) is 0 Å². The van der Waals surface area contributed by atoms with E-state index in [0.29, 0.717) is 0 Å². The molecule has 1 aromatic carbocycles. The van der Waals surface area contributed by atoms with E-state index in [2.05, 4.69) is 56.4 Å². The van der Waals surface area contributed by atoms with E-state index in [9.17, 15) is 0 Å². The van der Waals surface area contributed by atoms with Crippen LogP contribution in [-0.2, 0) is 0 Å². The maximum Gasteiger partial charge on any atom is 0.0344 e. The first-order valence-electron chi connectivity index (χ1n) is 9.47. The number of rotatable bonds is 13. The predicted octanol–water partition coefficient (Wildman–Crippen LogP) is 7.19. The largest absolute Gasteiger partial charge is 0.380 e. The second-order valence-electron chi connectivity index (χ2n) is 7.31. The molecule has 0 aromatic heterocycles. The number of unbranched alkanes of at least 4 members (excludes halogenated alkanes) is 9. The van der Waals surface area contributed by atoms with Crippen LogP contribution in [0.3, 0.4) is 0 Å². The van der Waals surface area contributed by atoms with Crippen molar-refractivity contribution in [3.05, 3.63) is 30.3 Å². The molecule has 0 atom stereocenters. The first-order chi connectivity index (χ1) is 10.6. The fourth-order valence-electron chi connectivity index (χ4n) is 3.03. The molecule has 0 fully saturated rings. The SMILES string of the molecule is CCCCCCCCCCCCC(C)(C)Nc1ccccc1. The van der Waals surface area contributed by atoms with E-state index in [0.717, 1.165) is 0 Å². The normalized spacial score (nSPS) is 11.6. The molecular formula is C21H37N. The van der Waals surface area contributed by atoms with E-state index in [4.69, 9.17) is 0 Å². The lowest BCUT2D eigenvalue weighted by molar-refractivity contribution is 0.469. The van der Waals surface area contributed by atoms with E-state index in [1.165, 1.54) is 76.3 Å². The van der Waals surface area contributed by atoms with Gasteiger partial charge >= 0.3 is 0 Å². The third-order valence-electron chi connectivity index (χ3n) is 4.41. The third-order valence-corrected chi connectivity index (χ3v) is 4.41. The van der Waals surface area contributed by atoms with Crippen LogP contribution in [0.1, 0.15) is 91.4 Å². The van der Waals surface area contributed by atoms with E-state index in [-0.39, 0.29) is 5.54 Å². The number of benzene rings is 1. The lowest BCUT2D eigenvalue weighted by Gasteiger charge is -2.27. The van der Waals surface area contributed by atoms with Crippen LogP contribution < -0.4 is 5.32 Å². The molecule has 0 saturated heterocycles. The van der Waals surface area contributed by atoms with Crippen LogP contribution >= 0.6 is 0 Å². The number of anilines is 1. The summed E-state index contributed by atoms with van der Waals surface area (Å²) in [5.74, 6) is 0. The molecule has 0 radical (unpaired) electrons. The van der Waals surface area contributed by atoms with Gasteiger partial charge in [-0.1, -0.05) is 89.3 Å². The topological polar surface area (TPSA) is 12.0 Å². The van der Waals surface area contributed by atoms with Crippen molar-refractivity contribution >= 4 is 5.69 Å². The van der Waals surface area contributed by atoms with Gasteiger partial charge in [0.1, 0.15) is 0 Å². The van der Waals surface area contributed by atoms with Gasteiger partial charge < -0.3 is 5.32 Å². The van der Waals surface area contributed by atoms with Crippen LogP contribution in [0.25, 0.3) is 0 Å². The highest BCUT2D eigenvalue weighted by atomic mass is 15.0. The highest BCUT2D eigenvalue weighted by molar-refractivity contribution is 5.44. The summed E-state index contributed by atoms with van der Waals surface area (Å²) in [6.07, 6.45) is 15.4. The van der Waals surface area contributed by atoms with Gasteiger partial charge in [0.15, 0.2) is 0 Å². The van der Waals surface area contributed by atoms with Gasteiger partial charge in [0.05, 0.1) is 0 Å². The highest BCUT2D eigenvalue weighted by Crippen LogP contribution is 2.21. The first-order valence-corrected chi connectivity index (χ1v) is 9.47. The second-order valence-corrected chi connectivity index (χ2v) is 7.31. The first kappa shape index (κ1) is 19.1. The van der Waals surface area contributed by atoms with E-state index in [1.54, 1.807) is 0 Å². The lowest BCUT2D eigenvalue weighted by Crippen LogP contribution is -2.30. The standard InChI is InChI=1S/C21H37N/c1-4-5-6-7-8-9-10-11-12-16-19-21(2,3)22-20-17-14-13-15-18-20/h13-15,17-18,22H,4-12,16,19H2,1-3H3. The monoisotopic (exact) mass is 303 g/mol. The number of hydrogen-bond acceptors (Lipinski definition) is 1. The van der Waals surface area contributed by atoms with Crippen LogP contribution in [0.2, 0.25) is 0 Å². The van der Waals surface area contributed by atoms with Gasteiger partial charge in [0, 0.05) is 11.2 Å². The Kier molecular flexibility index (Phi) is 10.0. The Balaban J connectivity index is 1.99. The average molecular weight is 304 g/mol. The molecule has 0 amide bonds. The molecule has 1 aromatic rings. The van der Waals surface area contributed by atoms with Gasteiger partial charge in [-0.05, 0) is 32.4 Å². The molecule has 0 aliphatic carbocycles. The molecular weight excluding hydrogens is 266 g/mol. The molecule has 0 bridgehead atoms. The number of nitrogens with one attached hydrogen (secondary N) is 1.